The number of aliphatic hydroxyl groups excluding tert-OH is 1. The minimum atomic E-state index is 0.0165. The highest BCUT2D eigenvalue weighted by Crippen LogP contribution is 2.25. The summed E-state index contributed by atoms with van der Waals surface area (Å²) in [5.41, 5.74) is 1.78. The zero-order chi connectivity index (χ0) is 12.0. The van der Waals surface area contributed by atoms with Gasteiger partial charge in [0.15, 0.2) is 0 Å². The van der Waals surface area contributed by atoms with E-state index in [1.54, 1.807) is 6.07 Å². The first kappa shape index (κ1) is 13.3. The van der Waals surface area contributed by atoms with Gasteiger partial charge in [0.05, 0.1) is 23.9 Å². The molecular formula is C12H18ClNO2. The van der Waals surface area contributed by atoms with Crippen LogP contribution in [-0.4, -0.2) is 31.9 Å². The van der Waals surface area contributed by atoms with Crippen LogP contribution in [0.5, 0.6) is 0 Å². The van der Waals surface area contributed by atoms with Crippen molar-refractivity contribution in [2.24, 2.45) is 0 Å². The topological polar surface area (TPSA) is 32.7 Å². The van der Waals surface area contributed by atoms with Crippen molar-refractivity contribution >= 4 is 17.3 Å². The summed E-state index contributed by atoms with van der Waals surface area (Å²) in [6.07, 6.45) is 0. The largest absolute Gasteiger partial charge is 0.392 e. The average molecular weight is 244 g/mol. The molecule has 0 unspecified atom stereocenters. The lowest BCUT2D eigenvalue weighted by Crippen LogP contribution is -2.22. The maximum absolute atomic E-state index is 8.97. The molecule has 0 saturated heterocycles. The van der Waals surface area contributed by atoms with Crippen LogP contribution in [0.3, 0.4) is 0 Å². The van der Waals surface area contributed by atoms with Crippen molar-refractivity contribution in [2.45, 2.75) is 13.5 Å². The monoisotopic (exact) mass is 243 g/mol. The smallest absolute Gasteiger partial charge is 0.0682 e. The second kappa shape index (κ2) is 6.74. The summed E-state index contributed by atoms with van der Waals surface area (Å²) in [6, 6.07) is 5.58. The van der Waals surface area contributed by atoms with Crippen LogP contribution < -0.4 is 4.90 Å². The first-order valence-electron chi connectivity index (χ1n) is 5.37. The van der Waals surface area contributed by atoms with Gasteiger partial charge in [-0.2, -0.15) is 0 Å². The number of ether oxygens (including phenoxy) is 1. The fourth-order valence-corrected chi connectivity index (χ4v) is 1.77. The summed E-state index contributed by atoms with van der Waals surface area (Å²) < 4.78 is 5.29. The predicted octanol–water partition coefficient (Wildman–Crippen LogP) is 2.31. The first-order valence-corrected chi connectivity index (χ1v) is 5.75. The Morgan fingerprint density at radius 2 is 2.19 bits per heavy atom. The van der Waals surface area contributed by atoms with Crippen LogP contribution in [0.4, 0.5) is 5.69 Å². The number of anilines is 1. The summed E-state index contributed by atoms with van der Waals surface area (Å²) in [6.45, 7) is 4.20. The molecule has 0 radical (unpaired) electrons. The molecule has 0 aromatic heterocycles. The van der Waals surface area contributed by atoms with Gasteiger partial charge >= 0.3 is 0 Å². The summed E-state index contributed by atoms with van der Waals surface area (Å²) in [5, 5.41) is 9.63. The fraction of sp³-hybridized carbons (Fsp3) is 0.500. The van der Waals surface area contributed by atoms with Crippen LogP contribution in [0.25, 0.3) is 0 Å². The molecule has 1 rings (SSSR count). The van der Waals surface area contributed by atoms with Crippen LogP contribution in [0.1, 0.15) is 12.5 Å². The van der Waals surface area contributed by atoms with Crippen molar-refractivity contribution in [3.63, 3.8) is 0 Å². The van der Waals surface area contributed by atoms with Gasteiger partial charge in [-0.3, -0.25) is 0 Å². The summed E-state index contributed by atoms with van der Waals surface area (Å²) in [5.74, 6) is 0. The minimum Gasteiger partial charge on any atom is -0.392 e. The molecule has 0 aliphatic heterocycles. The normalized spacial score (nSPS) is 10.5. The first-order chi connectivity index (χ1) is 7.69. The van der Waals surface area contributed by atoms with Gasteiger partial charge in [0.25, 0.3) is 0 Å². The molecule has 90 valence electrons. The van der Waals surface area contributed by atoms with E-state index in [2.05, 4.69) is 0 Å². The van der Waals surface area contributed by atoms with Gasteiger partial charge in [0.1, 0.15) is 0 Å². The molecule has 4 heteroatoms. The third-order valence-electron chi connectivity index (χ3n) is 2.38. The Morgan fingerprint density at radius 3 is 2.75 bits per heavy atom. The third kappa shape index (κ3) is 3.67. The van der Waals surface area contributed by atoms with Crippen LogP contribution in [-0.2, 0) is 11.3 Å². The van der Waals surface area contributed by atoms with Crippen LogP contribution in [0.15, 0.2) is 18.2 Å². The molecule has 0 aliphatic rings. The van der Waals surface area contributed by atoms with Gasteiger partial charge in [-0.15, -0.1) is 0 Å². The van der Waals surface area contributed by atoms with Crippen LogP contribution >= 0.6 is 11.6 Å². The van der Waals surface area contributed by atoms with Crippen molar-refractivity contribution in [1.29, 1.82) is 0 Å². The lowest BCUT2D eigenvalue weighted by Gasteiger charge is -2.20. The highest BCUT2D eigenvalue weighted by atomic mass is 35.5. The van der Waals surface area contributed by atoms with E-state index in [9.17, 15) is 0 Å². The van der Waals surface area contributed by atoms with E-state index in [1.165, 1.54) is 0 Å². The maximum Gasteiger partial charge on any atom is 0.0682 e. The highest BCUT2D eigenvalue weighted by Gasteiger charge is 2.06. The molecular weight excluding hydrogens is 226 g/mol. The summed E-state index contributed by atoms with van der Waals surface area (Å²) >= 11 is 6.12. The van der Waals surface area contributed by atoms with Crippen molar-refractivity contribution in [2.75, 3.05) is 31.7 Å². The number of benzene rings is 1. The van der Waals surface area contributed by atoms with Gasteiger partial charge in [0.2, 0.25) is 0 Å². The molecule has 16 heavy (non-hydrogen) atoms. The number of hydrogen-bond donors (Lipinski definition) is 1. The highest BCUT2D eigenvalue weighted by molar-refractivity contribution is 6.33. The molecule has 0 bridgehead atoms. The molecule has 0 fully saturated rings. The predicted molar refractivity (Wildman–Crippen MR) is 67.1 cm³/mol. The molecule has 1 aromatic carbocycles. The Bertz CT molecular complexity index is 331. The molecule has 0 aliphatic carbocycles. The number of nitrogens with zero attached hydrogens (tertiary/aromatic N) is 1. The average Bonchev–Trinajstić information content (AvgIpc) is 2.29. The van der Waals surface area contributed by atoms with Gasteiger partial charge in [-0.25, -0.2) is 0 Å². The van der Waals surface area contributed by atoms with E-state index in [0.717, 1.165) is 24.4 Å². The van der Waals surface area contributed by atoms with Crippen molar-refractivity contribution in [3.05, 3.63) is 28.8 Å². The second-order valence-electron chi connectivity index (χ2n) is 3.56. The zero-order valence-corrected chi connectivity index (χ0v) is 10.5. The molecule has 0 amide bonds. The molecule has 3 nitrogen and oxygen atoms in total. The Balaban J connectivity index is 2.64. The summed E-state index contributed by atoms with van der Waals surface area (Å²) in [4.78, 5) is 2.04. The standard InChI is InChI=1S/C12H18ClNO2/c1-3-16-7-6-14(2)12-5-4-10(9-15)8-11(12)13/h4-5,8,15H,3,6-7,9H2,1-2H3. The van der Waals surface area contributed by atoms with E-state index >= 15 is 0 Å². The zero-order valence-electron chi connectivity index (χ0n) is 9.74. The van der Waals surface area contributed by atoms with Crippen molar-refractivity contribution in [3.8, 4) is 0 Å². The summed E-state index contributed by atoms with van der Waals surface area (Å²) in [7, 11) is 1.97. The lowest BCUT2D eigenvalue weighted by molar-refractivity contribution is 0.154. The van der Waals surface area contributed by atoms with Crippen molar-refractivity contribution in [1.82, 2.24) is 0 Å². The van der Waals surface area contributed by atoms with Crippen LogP contribution in [0, 0.1) is 0 Å². The molecule has 0 atom stereocenters. The lowest BCUT2D eigenvalue weighted by atomic mass is 10.2. The Kier molecular flexibility index (Phi) is 5.60. The van der Waals surface area contributed by atoms with E-state index < -0.39 is 0 Å². The number of aliphatic hydroxyl groups is 1. The van der Waals surface area contributed by atoms with E-state index in [1.807, 2.05) is 31.0 Å². The molecule has 0 saturated carbocycles. The second-order valence-corrected chi connectivity index (χ2v) is 3.97. The Hall–Kier alpha value is -0.770. The number of halogens is 1. The fourth-order valence-electron chi connectivity index (χ4n) is 1.42. The van der Waals surface area contributed by atoms with E-state index in [4.69, 9.17) is 21.4 Å². The third-order valence-corrected chi connectivity index (χ3v) is 2.68. The van der Waals surface area contributed by atoms with Gasteiger partial charge < -0.3 is 14.7 Å². The van der Waals surface area contributed by atoms with Crippen LogP contribution in [0.2, 0.25) is 5.02 Å². The van der Waals surface area contributed by atoms with Gasteiger partial charge in [-0.05, 0) is 24.6 Å². The number of rotatable bonds is 6. The molecule has 0 heterocycles. The Labute approximate surface area is 102 Å². The number of likely N-dealkylation sites (N-methyl/N-ethyl adjacent to an activating group) is 1. The Morgan fingerprint density at radius 1 is 1.44 bits per heavy atom. The molecule has 0 spiro atoms. The van der Waals surface area contributed by atoms with E-state index in [0.29, 0.717) is 11.6 Å². The van der Waals surface area contributed by atoms with Gasteiger partial charge in [0, 0.05) is 20.2 Å². The molecule has 1 N–H and O–H groups in total. The molecule has 1 aromatic rings. The van der Waals surface area contributed by atoms with Gasteiger partial charge in [-0.1, -0.05) is 17.7 Å². The number of hydrogen-bond acceptors (Lipinski definition) is 3. The van der Waals surface area contributed by atoms with Crippen molar-refractivity contribution < 1.29 is 9.84 Å². The maximum atomic E-state index is 8.97. The SMILES string of the molecule is CCOCCN(C)c1ccc(CO)cc1Cl. The minimum absolute atomic E-state index is 0.0165. The quantitative estimate of drug-likeness (QED) is 0.779. The van der Waals surface area contributed by atoms with E-state index in [-0.39, 0.29) is 6.61 Å².